The first-order valence-electron chi connectivity index (χ1n) is 8.81. The van der Waals surface area contributed by atoms with E-state index in [-0.39, 0.29) is 18.1 Å². The van der Waals surface area contributed by atoms with Crippen LogP contribution in [0, 0.1) is 11.8 Å². The van der Waals surface area contributed by atoms with Crippen LogP contribution in [0.2, 0.25) is 0 Å². The average Bonchev–Trinajstić information content (AvgIpc) is 2.91. The summed E-state index contributed by atoms with van der Waals surface area (Å²) in [6.45, 7) is 6.64. The molecular formula is C17H30N2O4. The number of hydrogen-bond donors (Lipinski definition) is 0. The van der Waals surface area contributed by atoms with Gasteiger partial charge in [0, 0.05) is 59.5 Å². The van der Waals surface area contributed by atoms with Crippen LogP contribution >= 0.6 is 0 Å². The lowest BCUT2D eigenvalue weighted by molar-refractivity contribution is -0.152. The summed E-state index contributed by atoms with van der Waals surface area (Å²) < 4.78 is 17.2. The second-order valence-electron chi connectivity index (χ2n) is 7.43. The standard InChI is InChI=1S/C17H30N2O4/c1-18(2)16(20)11-22-10-15-5-8-23-17(15)12-19(13-17)9-14-3-6-21-7-4-14/h14-15H,3-13H2,1-2H3/t15-/m0/s1. The van der Waals surface area contributed by atoms with Gasteiger partial charge in [-0.1, -0.05) is 0 Å². The van der Waals surface area contributed by atoms with E-state index in [0.717, 1.165) is 45.2 Å². The Kier molecular flexibility index (Phi) is 5.57. The minimum atomic E-state index is -0.0215. The molecule has 0 aromatic heterocycles. The molecule has 23 heavy (non-hydrogen) atoms. The van der Waals surface area contributed by atoms with Gasteiger partial charge in [-0.2, -0.15) is 0 Å². The van der Waals surface area contributed by atoms with Crippen molar-refractivity contribution < 1.29 is 19.0 Å². The van der Waals surface area contributed by atoms with E-state index in [4.69, 9.17) is 14.2 Å². The van der Waals surface area contributed by atoms with Gasteiger partial charge in [0.1, 0.15) is 6.61 Å². The Morgan fingerprint density at radius 2 is 1.96 bits per heavy atom. The highest BCUT2D eigenvalue weighted by Gasteiger charge is 2.53. The molecule has 0 aliphatic carbocycles. The summed E-state index contributed by atoms with van der Waals surface area (Å²) in [6.07, 6.45) is 3.41. The molecule has 0 aromatic rings. The average molecular weight is 326 g/mol. The van der Waals surface area contributed by atoms with Crippen LogP contribution in [0.3, 0.4) is 0 Å². The van der Waals surface area contributed by atoms with Crippen molar-refractivity contribution in [1.82, 2.24) is 9.80 Å². The van der Waals surface area contributed by atoms with Crippen LogP contribution in [-0.2, 0) is 19.0 Å². The molecule has 3 aliphatic heterocycles. The summed E-state index contributed by atoms with van der Waals surface area (Å²) in [5.74, 6) is 1.21. The monoisotopic (exact) mass is 326 g/mol. The molecule has 3 aliphatic rings. The largest absolute Gasteiger partial charge is 0.381 e. The second kappa shape index (κ2) is 7.47. The van der Waals surface area contributed by atoms with Gasteiger partial charge in [-0.05, 0) is 25.2 Å². The summed E-state index contributed by atoms with van der Waals surface area (Å²) in [5.41, 5.74) is -0.0215. The van der Waals surface area contributed by atoms with Gasteiger partial charge in [-0.3, -0.25) is 9.69 Å². The number of likely N-dealkylation sites (N-methyl/N-ethyl adjacent to an activating group) is 1. The van der Waals surface area contributed by atoms with Crippen molar-refractivity contribution in [3.63, 3.8) is 0 Å². The molecule has 3 rings (SSSR count). The lowest BCUT2D eigenvalue weighted by atomic mass is 9.80. The maximum atomic E-state index is 11.6. The van der Waals surface area contributed by atoms with Crippen molar-refractivity contribution in [2.45, 2.75) is 24.9 Å². The Balaban J connectivity index is 1.40. The van der Waals surface area contributed by atoms with Crippen LogP contribution in [0.1, 0.15) is 19.3 Å². The second-order valence-corrected chi connectivity index (χ2v) is 7.43. The first kappa shape index (κ1) is 17.1. The third kappa shape index (κ3) is 4.05. The van der Waals surface area contributed by atoms with Gasteiger partial charge in [0.15, 0.2) is 0 Å². The van der Waals surface area contributed by atoms with Gasteiger partial charge < -0.3 is 19.1 Å². The normalized spacial score (nSPS) is 28.0. The quantitative estimate of drug-likeness (QED) is 0.716. The topological polar surface area (TPSA) is 51.2 Å². The molecule has 0 unspecified atom stereocenters. The fourth-order valence-electron chi connectivity index (χ4n) is 3.92. The molecule has 6 nitrogen and oxygen atoms in total. The minimum Gasteiger partial charge on any atom is -0.381 e. The van der Waals surface area contributed by atoms with Crippen molar-refractivity contribution in [1.29, 1.82) is 0 Å². The zero-order chi connectivity index (χ0) is 16.3. The third-order valence-electron chi connectivity index (χ3n) is 5.48. The number of carbonyl (C=O) groups is 1. The van der Waals surface area contributed by atoms with Crippen LogP contribution in [0.4, 0.5) is 0 Å². The zero-order valence-corrected chi connectivity index (χ0v) is 14.5. The van der Waals surface area contributed by atoms with E-state index < -0.39 is 0 Å². The van der Waals surface area contributed by atoms with Crippen molar-refractivity contribution in [3.05, 3.63) is 0 Å². The van der Waals surface area contributed by atoms with E-state index in [9.17, 15) is 4.79 Å². The predicted molar refractivity (Wildman–Crippen MR) is 86.3 cm³/mol. The number of ether oxygens (including phenoxy) is 3. The number of carbonyl (C=O) groups excluding carboxylic acids is 1. The number of amides is 1. The Labute approximate surface area is 139 Å². The Hall–Kier alpha value is -0.690. The molecule has 3 saturated heterocycles. The van der Waals surface area contributed by atoms with Crippen molar-refractivity contribution in [2.24, 2.45) is 11.8 Å². The van der Waals surface area contributed by atoms with Gasteiger partial charge >= 0.3 is 0 Å². The van der Waals surface area contributed by atoms with Crippen LogP contribution in [0.15, 0.2) is 0 Å². The van der Waals surface area contributed by atoms with Crippen LogP contribution in [0.5, 0.6) is 0 Å². The first-order valence-corrected chi connectivity index (χ1v) is 8.81. The summed E-state index contributed by atoms with van der Waals surface area (Å²) in [5, 5.41) is 0. The van der Waals surface area contributed by atoms with Crippen molar-refractivity contribution >= 4 is 5.91 Å². The molecule has 6 heteroatoms. The highest BCUT2D eigenvalue weighted by Crippen LogP contribution is 2.40. The highest BCUT2D eigenvalue weighted by molar-refractivity contribution is 5.76. The highest BCUT2D eigenvalue weighted by atomic mass is 16.5. The van der Waals surface area contributed by atoms with Crippen molar-refractivity contribution in [3.8, 4) is 0 Å². The first-order chi connectivity index (χ1) is 11.1. The summed E-state index contributed by atoms with van der Waals surface area (Å²) in [4.78, 5) is 15.7. The summed E-state index contributed by atoms with van der Waals surface area (Å²) >= 11 is 0. The van der Waals surface area contributed by atoms with Crippen LogP contribution in [-0.4, -0.2) is 88.1 Å². The lowest BCUT2D eigenvalue weighted by Gasteiger charge is -2.51. The molecule has 0 aromatic carbocycles. The van der Waals surface area contributed by atoms with Crippen LogP contribution < -0.4 is 0 Å². The molecule has 0 N–H and O–H groups in total. The fourth-order valence-corrected chi connectivity index (χ4v) is 3.92. The number of hydrogen-bond acceptors (Lipinski definition) is 5. The van der Waals surface area contributed by atoms with Gasteiger partial charge in [0.05, 0.1) is 12.2 Å². The van der Waals surface area contributed by atoms with E-state index in [1.54, 1.807) is 19.0 Å². The van der Waals surface area contributed by atoms with Crippen LogP contribution in [0.25, 0.3) is 0 Å². The number of nitrogens with zero attached hydrogens (tertiary/aromatic N) is 2. The summed E-state index contributed by atoms with van der Waals surface area (Å²) in [7, 11) is 3.51. The Bertz CT molecular complexity index is 403. The minimum absolute atomic E-state index is 0.0210. The Morgan fingerprint density at radius 1 is 1.22 bits per heavy atom. The molecule has 3 fully saturated rings. The van der Waals surface area contributed by atoms with Gasteiger partial charge in [0.2, 0.25) is 5.91 Å². The SMILES string of the molecule is CN(C)C(=O)COC[C@@H]1CCOC12CN(CC1CCOCC1)C2. The maximum Gasteiger partial charge on any atom is 0.248 e. The van der Waals surface area contributed by atoms with E-state index in [0.29, 0.717) is 12.5 Å². The van der Waals surface area contributed by atoms with E-state index in [1.165, 1.54) is 19.4 Å². The molecule has 3 heterocycles. The molecule has 0 saturated carbocycles. The molecule has 0 bridgehead atoms. The zero-order valence-electron chi connectivity index (χ0n) is 14.5. The maximum absolute atomic E-state index is 11.6. The fraction of sp³-hybridized carbons (Fsp3) is 0.941. The smallest absolute Gasteiger partial charge is 0.248 e. The summed E-state index contributed by atoms with van der Waals surface area (Å²) in [6, 6.07) is 0. The molecule has 1 amide bonds. The molecule has 132 valence electrons. The van der Waals surface area contributed by atoms with E-state index >= 15 is 0 Å². The predicted octanol–water partition coefficient (Wildman–Crippen LogP) is 0.609. The van der Waals surface area contributed by atoms with Gasteiger partial charge in [-0.25, -0.2) is 0 Å². The van der Waals surface area contributed by atoms with E-state index in [2.05, 4.69) is 4.90 Å². The lowest BCUT2D eigenvalue weighted by Crippen LogP contribution is -2.66. The van der Waals surface area contributed by atoms with Crippen molar-refractivity contribution in [2.75, 3.05) is 66.8 Å². The molecule has 1 spiro atoms. The molecule has 0 radical (unpaired) electrons. The Morgan fingerprint density at radius 3 is 2.65 bits per heavy atom. The number of rotatable bonds is 6. The van der Waals surface area contributed by atoms with Gasteiger partial charge in [-0.15, -0.1) is 0 Å². The molecule has 1 atom stereocenters. The number of likely N-dealkylation sites (tertiary alicyclic amines) is 1. The van der Waals surface area contributed by atoms with Gasteiger partial charge in [0.25, 0.3) is 0 Å². The third-order valence-corrected chi connectivity index (χ3v) is 5.48. The van der Waals surface area contributed by atoms with E-state index in [1.807, 2.05) is 0 Å². The molecular weight excluding hydrogens is 296 g/mol.